The van der Waals surface area contributed by atoms with Gasteiger partial charge in [-0.05, 0) is 18.2 Å². The lowest BCUT2D eigenvalue weighted by molar-refractivity contribution is -0.115. The average molecular weight is 258 g/mol. The lowest BCUT2D eigenvalue weighted by atomic mass is 10.2. The van der Waals surface area contributed by atoms with Crippen LogP contribution in [0.3, 0.4) is 0 Å². The first-order valence-electron chi connectivity index (χ1n) is 4.85. The van der Waals surface area contributed by atoms with E-state index >= 15 is 0 Å². The molecule has 6 heteroatoms. The van der Waals surface area contributed by atoms with Crippen LogP contribution in [0.15, 0.2) is 18.2 Å². The number of aromatic hydroxyl groups is 1. The Labute approximate surface area is 103 Å². The first-order chi connectivity index (χ1) is 8.08. The number of amides is 1. The molecular weight excluding hydrogens is 246 g/mol. The molecule has 0 heterocycles. The standard InChI is InChI=1S/C11H12ClNO4/c1-17-11(16)7-2-3-8(9(14)6-7)13-10(15)4-5-12/h2-3,6,14H,4-5H2,1H3,(H,13,15). The third-order valence-electron chi connectivity index (χ3n) is 2.01. The molecule has 0 aromatic heterocycles. The lowest BCUT2D eigenvalue weighted by Gasteiger charge is -2.07. The number of nitrogens with one attached hydrogen (secondary N) is 1. The molecule has 17 heavy (non-hydrogen) atoms. The third kappa shape index (κ3) is 3.64. The number of hydrogen-bond donors (Lipinski definition) is 2. The molecule has 0 fully saturated rings. The van der Waals surface area contributed by atoms with E-state index in [-0.39, 0.29) is 35.2 Å². The Hall–Kier alpha value is -1.75. The monoisotopic (exact) mass is 257 g/mol. The smallest absolute Gasteiger partial charge is 0.337 e. The van der Waals surface area contributed by atoms with Gasteiger partial charge in [0.25, 0.3) is 0 Å². The third-order valence-corrected chi connectivity index (χ3v) is 2.20. The summed E-state index contributed by atoms with van der Waals surface area (Å²) in [5.74, 6) is -0.858. The van der Waals surface area contributed by atoms with Crippen LogP contribution in [0.4, 0.5) is 5.69 Å². The van der Waals surface area contributed by atoms with Crippen LogP contribution < -0.4 is 5.32 Å². The zero-order valence-electron chi connectivity index (χ0n) is 9.20. The summed E-state index contributed by atoms with van der Waals surface area (Å²) in [5.41, 5.74) is 0.438. The van der Waals surface area contributed by atoms with E-state index in [0.717, 1.165) is 0 Å². The van der Waals surface area contributed by atoms with E-state index in [2.05, 4.69) is 10.1 Å². The highest BCUT2D eigenvalue weighted by Crippen LogP contribution is 2.24. The van der Waals surface area contributed by atoms with Crippen LogP contribution in [-0.2, 0) is 9.53 Å². The molecule has 0 saturated heterocycles. The van der Waals surface area contributed by atoms with E-state index in [0.29, 0.717) is 0 Å². The molecule has 0 aliphatic rings. The number of rotatable bonds is 4. The SMILES string of the molecule is COC(=O)c1ccc(NC(=O)CCCl)c(O)c1. The van der Waals surface area contributed by atoms with Crippen LogP contribution in [0, 0.1) is 0 Å². The first-order valence-corrected chi connectivity index (χ1v) is 5.39. The molecule has 0 spiro atoms. The van der Waals surface area contributed by atoms with Crippen molar-refractivity contribution >= 4 is 29.2 Å². The highest BCUT2D eigenvalue weighted by Gasteiger charge is 2.10. The average Bonchev–Trinajstić information content (AvgIpc) is 2.31. The van der Waals surface area contributed by atoms with Gasteiger partial charge in [-0.3, -0.25) is 4.79 Å². The molecule has 0 bridgehead atoms. The number of ether oxygens (including phenoxy) is 1. The Morgan fingerprint density at radius 1 is 1.47 bits per heavy atom. The van der Waals surface area contributed by atoms with Gasteiger partial charge in [-0.1, -0.05) is 0 Å². The molecule has 0 aliphatic heterocycles. The van der Waals surface area contributed by atoms with Crippen molar-refractivity contribution in [1.29, 1.82) is 0 Å². The van der Waals surface area contributed by atoms with Crippen molar-refractivity contribution in [2.45, 2.75) is 6.42 Å². The van der Waals surface area contributed by atoms with Gasteiger partial charge in [-0.15, -0.1) is 11.6 Å². The molecule has 1 rings (SSSR count). The van der Waals surface area contributed by atoms with E-state index in [1.165, 1.54) is 25.3 Å². The van der Waals surface area contributed by atoms with Crippen LogP contribution in [-0.4, -0.2) is 30.0 Å². The Bertz CT molecular complexity index is 433. The summed E-state index contributed by atoms with van der Waals surface area (Å²) >= 11 is 5.40. The van der Waals surface area contributed by atoms with Crippen molar-refractivity contribution in [1.82, 2.24) is 0 Å². The molecule has 0 aliphatic carbocycles. The normalized spacial score (nSPS) is 9.76. The number of carbonyl (C=O) groups is 2. The Balaban J connectivity index is 2.83. The number of alkyl halides is 1. The molecule has 1 amide bonds. The van der Waals surface area contributed by atoms with Crippen molar-refractivity contribution in [2.75, 3.05) is 18.3 Å². The van der Waals surface area contributed by atoms with Crippen molar-refractivity contribution in [3.8, 4) is 5.75 Å². The van der Waals surface area contributed by atoms with Crippen molar-refractivity contribution in [2.24, 2.45) is 0 Å². The van der Waals surface area contributed by atoms with Gasteiger partial charge in [0.05, 0.1) is 18.4 Å². The van der Waals surface area contributed by atoms with E-state index < -0.39 is 5.97 Å². The maximum Gasteiger partial charge on any atom is 0.337 e. The minimum Gasteiger partial charge on any atom is -0.506 e. The van der Waals surface area contributed by atoms with Crippen molar-refractivity contribution in [3.63, 3.8) is 0 Å². The predicted molar refractivity (Wildman–Crippen MR) is 63.4 cm³/mol. The summed E-state index contributed by atoms with van der Waals surface area (Å²) in [4.78, 5) is 22.4. The number of anilines is 1. The minimum absolute atomic E-state index is 0.153. The van der Waals surface area contributed by atoms with Crippen LogP contribution in [0.2, 0.25) is 0 Å². The highest BCUT2D eigenvalue weighted by atomic mass is 35.5. The van der Waals surface area contributed by atoms with Crippen LogP contribution in [0.25, 0.3) is 0 Å². The van der Waals surface area contributed by atoms with Gasteiger partial charge < -0.3 is 15.2 Å². The molecule has 2 N–H and O–H groups in total. The van der Waals surface area contributed by atoms with Gasteiger partial charge in [-0.2, -0.15) is 0 Å². The fourth-order valence-electron chi connectivity index (χ4n) is 1.18. The number of methoxy groups -OCH3 is 1. The fourth-order valence-corrected chi connectivity index (χ4v) is 1.35. The summed E-state index contributed by atoms with van der Waals surface area (Å²) in [6, 6.07) is 4.09. The van der Waals surface area contributed by atoms with E-state index in [9.17, 15) is 14.7 Å². The predicted octanol–water partition coefficient (Wildman–Crippen LogP) is 1.75. The second kappa shape index (κ2) is 6.10. The van der Waals surface area contributed by atoms with Crippen molar-refractivity contribution < 1.29 is 19.4 Å². The van der Waals surface area contributed by atoms with E-state index in [4.69, 9.17) is 11.6 Å². The van der Waals surface area contributed by atoms with Gasteiger partial charge in [0.15, 0.2) is 0 Å². The van der Waals surface area contributed by atoms with Crippen LogP contribution in [0.5, 0.6) is 5.75 Å². The van der Waals surface area contributed by atoms with Gasteiger partial charge in [0, 0.05) is 12.3 Å². The molecule has 0 saturated carbocycles. The number of phenolic OH excluding ortho intramolecular Hbond substituents is 1. The zero-order valence-corrected chi connectivity index (χ0v) is 9.95. The molecular formula is C11H12ClNO4. The largest absolute Gasteiger partial charge is 0.506 e. The number of phenols is 1. The summed E-state index contributed by atoms with van der Waals surface area (Å²) in [6.07, 6.45) is 0.153. The van der Waals surface area contributed by atoms with E-state index in [1.54, 1.807) is 0 Å². The highest BCUT2D eigenvalue weighted by molar-refractivity contribution is 6.19. The lowest BCUT2D eigenvalue weighted by Crippen LogP contribution is -2.12. The molecule has 1 aromatic carbocycles. The maximum atomic E-state index is 11.2. The Kier molecular flexibility index (Phi) is 4.78. The molecule has 5 nitrogen and oxygen atoms in total. The molecule has 0 atom stereocenters. The van der Waals surface area contributed by atoms with Crippen molar-refractivity contribution in [3.05, 3.63) is 23.8 Å². The summed E-state index contributed by atoms with van der Waals surface area (Å²) in [5, 5.41) is 12.1. The molecule has 1 aromatic rings. The maximum absolute atomic E-state index is 11.2. The van der Waals surface area contributed by atoms with E-state index in [1.807, 2.05) is 0 Å². The van der Waals surface area contributed by atoms with Gasteiger partial charge in [0.2, 0.25) is 5.91 Å². The summed E-state index contributed by atoms with van der Waals surface area (Å²) in [7, 11) is 1.25. The second-order valence-corrected chi connectivity index (χ2v) is 3.59. The van der Waals surface area contributed by atoms with Gasteiger partial charge >= 0.3 is 5.97 Å². The molecule has 92 valence electrons. The molecule has 0 unspecified atom stereocenters. The fraction of sp³-hybridized carbons (Fsp3) is 0.273. The Morgan fingerprint density at radius 3 is 2.71 bits per heavy atom. The summed E-state index contributed by atoms with van der Waals surface area (Å²) in [6.45, 7) is 0. The number of esters is 1. The van der Waals surface area contributed by atoms with Crippen LogP contribution >= 0.6 is 11.6 Å². The van der Waals surface area contributed by atoms with Gasteiger partial charge in [-0.25, -0.2) is 4.79 Å². The first kappa shape index (κ1) is 13.3. The second-order valence-electron chi connectivity index (χ2n) is 3.21. The number of hydrogen-bond acceptors (Lipinski definition) is 4. The number of halogens is 1. The quantitative estimate of drug-likeness (QED) is 0.489. The molecule has 0 radical (unpaired) electrons. The number of benzene rings is 1. The van der Waals surface area contributed by atoms with Crippen LogP contribution in [0.1, 0.15) is 16.8 Å². The Morgan fingerprint density at radius 2 is 2.18 bits per heavy atom. The topological polar surface area (TPSA) is 75.6 Å². The minimum atomic E-state index is -0.557. The summed E-state index contributed by atoms with van der Waals surface area (Å²) < 4.78 is 4.50. The zero-order chi connectivity index (χ0) is 12.8. The number of carbonyl (C=O) groups excluding carboxylic acids is 2. The van der Waals surface area contributed by atoms with Gasteiger partial charge in [0.1, 0.15) is 5.75 Å².